The molecule has 2 amide bonds. The summed E-state index contributed by atoms with van der Waals surface area (Å²) in [5.74, 6) is -0.927. The van der Waals surface area contributed by atoms with E-state index in [9.17, 15) is 9.59 Å². The minimum Gasteiger partial charge on any atom is -0.481 e. The van der Waals surface area contributed by atoms with Gasteiger partial charge in [0, 0.05) is 13.2 Å². The Balaban J connectivity index is 4.50. The van der Waals surface area contributed by atoms with Crippen molar-refractivity contribution >= 4 is 12.0 Å². The van der Waals surface area contributed by atoms with Crippen LogP contribution in [0, 0.1) is 5.41 Å². The molecule has 6 nitrogen and oxygen atoms in total. The van der Waals surface area contributed by atoms with E-state index in [2.05, 4.69) is 10.6 Å². The number of carbonyl (C=O) groups is 2. The molecule has 0 fully saturated rings. The number of carbonyl (C=O) groups excluding carboxylic acids is 1. The smallest absolute Gasteiger partial charge is 0.315 e. The van der Waals surface area contributed by atoms with Gasteiger partial charge in [0.1, 0.15) is 0 Å². The molecule has 0 aromatic rings. The van der Waals surface area contributed by atoms with Crippen LogP contribution in [-0.2, 0) is 9.53 Å². The molecule has 2 unspecified atom stereocenters. The lowest BCUT2D eigenvalue weighted by Gasteiger charge is -2.31. The SMILES string of the molecule is CCC(COC)NC(=O)NC(CC(=O)O)C(C)(C)C. The molecule has 0 aliphatic carbocycles. The summed E-state index contributed by atoms with van der Waals surface area (Å²) in [7, 11) is 1.57. The number of nitrogens with one attached hydrogen (secondary N) is 2. The van der Waals surface area contributed by atoms with Gasteiger partial charge in [-0.15, -0.1) is 0 Å². The van der Waals surface area contributed by atoms with Gasteiger partial charge in [-0.25, -0.2) is 4.79 Å². The maximum Gasteiger partial charge on any atom is 0.315 e. The number of carboxylic acid groups (broad SMARTS) is 1. The van der Waals surface area contributed by atoms with Crippen molar-refractivity contribution in [1.82, 2.24) is 10.6 Å². The summed E-state index contributed by atoms with van der Waals surface area (Å²) >= 11 is 0. The van der Waals surface area contributed by atoms with Gasteiger partial charge in [-0.05, 0) is 11.8 Å². The van der Waals surface area contributed by atoms with E-state index in [-0.39, 0.29) is 23.9 Å². The highest BCUT2D eigenvalue weighted by atomic mass is 16.5. The second kappa shape index (κ2) is 7.99. The first kappa shape index (κ1) is 17.7. The number of hydrogen-bond acceptors (Lipinski definition) is 3. The van der Waals surface area contributed by atoms with Gasteiger partial charge in [-0.2, -0.15) is 0 Å². The fraction of sp³-hybridized carbons (Fsp3) is 0.846. The lowest BCUT2D eigenvalue weighted by Crippen LogP contribution is -2.51. The molecule has 6 heteroatoms. The fourth-order valence-corrected chi connectivity index (χ4v) is 1.60. The maximum absolute atomic E-state index is 11.9. The van der Waals surface area contributed by atoms with E-state index in [0.29, 0.717) is 6.61 Å². The van der Waals surface area contributed by atoms with Crippen LogP contribution in [0.5, 0.6) is 0 Å². The van der Waals surface area contributed by atoms with Crippen molar-refractivity contribution in [1.29, 1.82) is 0 Å². The Hall–Kier alpha value is -1.30. The minimum absolute atomic E-state index is 0.0737. The van der Waals surface area contributed by atoms with Gasteiger partial charge < -0.3 is 20.5 Å². The van der Waals surface area contributed by atoms with Crippen LogP contribution in [0.3, 0.4) is 0 Å². The molecule has 0 radical (unpaired) electrons. The van der Waals surface area contributed by atoms with Crippen LogP contribution >= 0.6 is 0 Å². The average Bonchev–Trinajstić information content (AvgIpc) is 2.25. The highest BCUT2D eigenvalue weighted by Gasteiger charge is 2.28. The summed E-state index contributed by atoms with van der Waals surface area (Å²) in [5.41, 5.74) is -0.321. The molecule has 0 rings (SSSR count). The zero-order valence-electron chi connectivity index (χ0n) is 12.4. The number of urea groups is 1. The van der Waals surface area contributed by atoms with Crippen molar-refractivity contribution in [2.45, 2.75) is 52.6 Å². The fourth-order valence-electron chi connectivity index (χ4n) is 1.60. The van der Waals surface area contributed by atoms with E-state index < -0.39 is 12.0 Å². The standard InChI is InChI=1S/C13H26N2O4/c1-6-9(8-19-5)14-12(18)15-10(7-11(16)17)13(2,3)4/h9-10H,6-8H2,1-5H3,(H,16,17)(H2,14,15,18). The lowest BCUT2D eigenvalue weighted by atomic mass is 9.85. The molecule has 0 heterocycles. The molecule has 2 atom stereocenters. The Morgan fingerprint density at radius 2 is 1.84 bits per heavy atom. The van der Waals surface area contributed by atoms with Crippen LogP contribution in [0.1, 0.15) is 40.5 Å². The molecule has 0 saturated carbocycles. The molecule has 0 aliphatic rings. The summed E-state index contributed by atoms with van der Waals surface area (Å²) < 4.78 is 5.00. The van der Waals surface area contributed by atoms with E-state index >= 15 is 0 Å². The molecular weight excluding hydrogens is 248 g/mol. The first-order valence-corrected chi connectivity index (χ1v) is 6.48. The Bertz CT molecular complexity index is 300. The quantitative estimate of drug-likeness (QED) is 0.658. The number of rotatable bonds is 7. The molecular formula is C13H26N2O4. The monoisotopic (exact) mass is 274 g/mol. The van der Waals surface area contributed by atoms with Crippen LogP contribution in [0.25, 0.3) is 0 Å². The molecule has 0 aromatic heterocycles. The topological polar surface area (TPSA) is 87.7 Å². The molecule has 0 bridgehead atoms. The molecule has 0 aromatic carbocycles. The highest BCUT2D eigenvalue weighted by molar-refractivity contribution is 5.76. The van der Waals surface area contributed by atoms with Gasteiger partial charge >= 0.3 is 12.0 Å². The van der Waals surface area contributed by atoms with Crippen LogP contribution in [-0.4, -0.2) is 42.9 Å². The Kier molecular flexibility index (Phi) is 7.44. The number of hydrogen-bond donors (Lipinski definition) is 3. The van der Waals surface area contributed by atoms with Crippen molar-refractivity contribution in [2.24, 2.45) is 5.41 Å². The Labute approximate surface area is 114 Å². The number of amides is 2. The third-order valence-electron chi connectivity index (χ3n) is 2.93. The predicted octanol–water partition coefficient (Wildman–Crippen LogP) is 1.60. The van der Waals surface area contributed by atoms with E-state index in [4.69, 9.17) is 9.84 Å². The van der Waals surface area contributed by atoms with Gasteiger partial charge in [0.25, 0.3) is 0 Å². The van der Waals surface area contributed by atoms with E-state index in [1.54, 1.807) is 7.11 Å². The zero-order valence-corrected chi connectivity index (χ0v) is 12.4. The van der Waals surface area contributed by atoms with Crippen molar-refractivity contribution in [3.8, 4) is 0 Å². The van der Waals surface area contributed by atoms with E-state index in [1.165, 1.54) is 0 Å². The van der Waals surface area contributed by atoms with Crippen LogP contribution in [0.4, 0.5) is 4.79 Å². The third-order valence-corrected chi connectivity index (χ3v) is 2.93. The largest absolute Gasteiger partial charge is 0.481 e. The van der Waals surface area contributed by atoms with Gasteiger partial charge in [-0.3, -0.25) is 4.79 Å². The minimum atomic E-state index is -0.927. The van der Waals surface area contributed by atoms with Gasteiger partial charge in [0.15, 0.2) is 0 Å². The van der Waals surface area contributed by atoms with Crippen molar-refractivity contribution in [3.63, 3.8) is 0 Å². The number of aliphatic carboxylic acids is 1. The summed E-state index contributed by atoms with van der Waals surface area (Å²) in [4.78, 5) is 22.7. The summed E-state index contributed by atoms with van der Waals surface area (Å²) in [6, 6.07) is -0.856. The van der Waals surface area contributed by atoms with E-state index in [1.807, 2.05) is 27.7 Å². The second-order valence-corrected chi connectivity index (χ2v) is 5.69. The number of methoxy groups -OCH3 is 1. The highest BCUT2D eigenvalue weighted by Crippen LogP contribution is 2.21. The first-order valence-electron chi connectivity index (χ1n) is 6.48. The summed E-state index contributed by atoms with van der Waals surface area (Å²) in [6.07, 6.45) is 0.651. The summed E-state index contributed by atoms with van der Waals surface area (Å²) in [5, 5.41) is 14.4. The second-order valence-electron chi connectivity index (χ2n) is 5.69. The Morgan fingerprint density at radius 3 is 2.21 bits per heavy atom. The normalized spacial score (nSPS) is 14.6. The van der Waals surface area contributed by atoms with Crippen LogP contribution in [0.15, 0.2) is 0 Å². The predicted molar refractivity (Wildman–Crippen MR) is 73.1 cm³/mol. The van der Waals surface area contributed by atoms with Crippen LogP contribution in [0.2, 0.25) is 0 Å². The molecule has 112 valence electrons. The van der Waals surface area contributed by atoms with E-state index in [0.717, 1.165) is 6.42 Å². The average molecular weight is 274 g/mol. The van der Waals surface area contributed by atoms with Crippen LogP contribution < -0.4 is 10.6 Å². The third kappa shape index (κ3) is 7.66. The molecule has 0 aliphatic heterocycles. The Morgan fingerprint density at radius 1 is 1.26 bits per heavy atom. The van der Waals surface area contributed by atoms with Gasteiger partial charge in [0.2, 0.25) is 0 Å². The first-order chi connectivity index (χ1) is 8.70. The number of carboxylic acids is 1. The van der Waals surface area contributed by atoms with Crippen molar-refractivity contribution in [3.05, 3.63) is 0 Å². The molecule has 0 saturated heterocycles. The summed E-state index contributed by atoms with van der Waals surface area (Å²) in [6.45, 7) is 8.07. The van der Waals surface area contributed by atoms with Gasteiger partial charge in [0.05, 0.1) is 19.1 Å². The molecule has 3 N–H and O–H groups in total. The molecule has 19 heavy (non-hydrogen) atoms. The lowest BCUT2D eigenvalue weighted by molar-refractivity contribution is -0.138. The van der Waals surface area contributed by atoms with Crippen molar-refractivity contribution in [2.75, 3.05) is 13.7 Å². The van der Waals surface area contributed by atoms with Gasteiger partial charge in [-0.1, -0.05) is 27.7 Å². The van der Waals surface area contributed by atoms with Crippen molar-refractivity contribution < 1.29 is 19.4 Å². The maximum atomic E-state index is 11.9. The molecule has 0 spiro atoms. The zero-order chi connectivity index (χ0) is 15.1. The number of ether oxygens (including phenoxy) is 1.